The summed E-state index contributed by atoms with van der Waals surface area (Å²) in [7, 11) is -0.0247. The zero-order valence-corrected chi connectivity index (χ0v) is 15.5. The van der Waals surface area contributed by atoms with Crippen molar-refractivity contribution in [1.29, 1.82) is 0 Å². The molecule has 0 bridgehead atoms. The molecule has 0 spiro atoms. The number of benzene rings is 1. The third kappa shape index (κ3) is 5.10. The molecule has 1 heterocycles. The number of rotatable bonds is 7. The minimum absolute atomic E-state index is 0.0609. The fourth-order valence-corrected chi connectivity index (χ4v) is 3.45. The predicted octanol–water partition coefficient (Wildman–Crippen LogP) is 1.69. The van der Waals surface area contributed by atoms with E-state index in [9.17, 15) is 12.8 Å². The number of aryl methyl sites for hydroxylation is 2. The van der Waals surface area contributed by atoms with E-state index >= 15 is 0 Å². The number of nitrogens with one attached hydrogen (secondary N) is 2. The van der Waals surface area contributed by atoms with E-state index in [1.54, 1.807) is 6.92 Å². The van der Waals surface area contributed by atoms with Gasteiger partial charge in [-0.15, -0.1) is 0 Å². The Morgan fingerprint density at radius 1 is 1.12 bits per heavy atom. The number of nitrogens with zero attached hydrogens (tertiary/aromatic N) is 3. The van der Waals surface area contributed by atoms with Gasteiger partial charge >= 0.3 is 0 Å². The van der Waals surface area contributed by atoms with Crippen molar-refractivity contribution in [2.45, 2.75) is 18.7 Å². The smallest absolute Gasteiger partial charge is 0.240 e. The average molecular weight is 367 g/mol. The molecule has 0 fully saturated rings. The summed E-state index contributed by atoms with van der Waals surface area (Å²) in [5.74, 6) is 0.587. The van der Waals surface area contributed by atoms with Gasteiger partial charge in [0.2, 0.25) is 16.0 Å². The van der Waals surface area contributed by atoms with Crippen molar-refractivity contribution in [3.63, 3.8) is 0 Å². The predicted molar refractivity (Wildman–Crippen MR) is 95.9 cm³/mol. The highest BCUT2D eigenvalue weighted by Crippen LogP contribution is 2.16. The van der Waals surface area contributed by atoms with E-state index in [1.807, 2.05) is 32.0 Å². The molecule has 0 aliphatic heterocycles. The van der Waals surface area contributed by atoms with E-state index < -0.39 is 15.8 Å². The van der Waals surface area contributed by atoms with Gasteiger partial charge in [-0.25, -0.2) is 22.5 Å². The highest BCUT2D eigenvalue weighted by Gasteiger charge is 2.17. The van der Waals surface area contributed by atoms with Crippen molar-refractivity contribution < 1.29 is 12.8 Å². The first-order chi connectivity index (χ1) is 11.7. The molecule has 2 N–H and O–H groups in total. The molecule has 0 atom stereocenters. The Bertz CT molecular complexity index is 856. The van der Waals surface area contributed by atoms with Crippen LogP contribution in [0.4, 0.5) is 16.2 Å². The van der Waals surface area contributed by atoms with Crippen LogP contribution in [-0.2, 0) is 10.0 Å². The zero-order valence-electron chi connectivity index (χ0n) is 14.7. The van der Waals surface area contributed by atoms with Crippen LogP contribution in [0.2, 0.25) is 0 Å². The quantitative estimate of drug-likeness (QED) is 0.724. The van der Waals surface area contributed by atoms with Crippen molar-refractivity contribution in [2.24, 2.45) is 0 Å². The number of aromatic nitrogens is 2. The Hall–Kier alpha value is -2.26. The standard InChI is InChI=1S/C16H22FN5O2S/c1-11-5-6-13(17)10-14(11)25(23,24)19-8-7-18-16-20-12(2)9-15(21-16)22(3)4/h5-6,9-10,19H,7-8H2,1-4H3,(H,18,20,21). The largest absolute Gasteiger partial charge is 0.363 e. The molecule has 25 heavy (non-hydrogen) atoms. The van der Waals surface area contributed by atoms with Gasteiger partial charge in [-0.1, -0.05) is 6.07 Å². The van der Waals surface area contributed by atoms with Crippen LogP contribution in [0.5, 0.6) is 0 Å². The molecule has 0 aliphatic carbocycles. The summed E-state index contributed by atoms with van der Waals surface area (Å²) >= 11 is 0. The van der Waals surface area contributed by atoms with Gasteiger partial charge in [0.1, 0.15) is 11.6 Å². The minimum Gasteiger partial charge on any atom is -0.363 e. The van der Waals surface area contributed by atoms with Crippen LogP contribution in [0, 0.1) is 19.7 Å². The summed E-state index contributed by atoms with van der Waals surface area (Å²) in [6, 6.07) is 5.53. The molecule has 2 aromatic rings. The van der Waals surface area contributed by atoms with E-state index in [1.165, 1.54) is 12.1 Å². The van der Waals surface area contributed by atoms with Gasteiger partial charge in [-0.3, -0.25) is 0 Å². The van der Waals surface area contributed by atoms with E-state index in [4.69, 9.17) is 0 Å². The van der Waals surface area contributed by atoms with Crippen LogP contribution in [0.25, 0.3) is 0 Å². The lowest BCUT2D eigenvalue weighted by molar-refractivity contribution is 0.578. The summed E-state index contributed by atoms with van der Waals surface area (Å²) < 4.78 is 40.3. The lowest BCUT2D eigenvalue weighted by atomic mass is 10.2. The SMILES string of the molecule is Cc1cc(N(C)C)nc(NCCNS(=O)(=O)c2cc(F)ccc2C)n1. The normalized spacial score (nSPS) is 11.4. The molecule has 0 amide bonds. The Balaban J connectivity index is 1.98. The first kappa shape index (κ1) is 19.1. The third-order valence-corrected chi connectivity index (χ3v) is 5.04. The molecule has 0 unspecified atom stereocenters. The van der Waals surface area contributed by atoms with Crippen molar-refractivity contribution in [1.82, 2.24) is 14.7 Å². The van der Waals surface area contributed by atoms with Crippen molar-refractivity contribution in [3.05, 3.63) is 41.3 Å². The lowest BCUT2D eigenvalue weighted by Gasteiger charge is -2.14. The number of hydrogen-bond acceptors (Lipinski definition) is 6. The maximum atomic E-state index is 13.3. The van der Waals surface area contributed by atoms with Gasteiger partial charge in [0.15, 0.2) is 0 Å². The molecule has 7 nitrogen and oxygen atoms in total. The average Bonchev–Trinajstić information content (AvgIpc) is 2.53. The second-order valence-corrected chi connectivity index (χ2v) is 7.56. The molecule has 2 rings (SSSR count). The summed E-state index contributed by atoms with van der Waals surface area (Å²) in [5, 5.41) is 2.98. The van der Waals surface area contributed by atoms with Crippen LogP contribution in [0.3, 0.4) is 0 Å². The molecule has 0 saturated heterocycles. The molecule has 0 aliphatic rings. The first-order valence-corrected chi connectivity index (χ1v) is 9.20. The van der Waals surface area contributed by atoms with Crippen LogP contribution in [0.15, 0.2) is 29.2 Å². The Kier molecular flexibility index (Phi) is 5.91. The van der Waals surface area contributed by atoms with Gasteiger partial charge in [-0.2, -0.15) is 4.98 Å². The molecular weight excluding hydrogens is 345 g/mol. The number of halogens is 1. The third-order valence-electron chi connectivity index (χ3n) is 3.44. The van der Waals surface area contributed by atoms with Crippen LogP contribution < -0.4 is 14.9 Å². The molecule has 9 heteroatoms. The molecule has 1 aromatic carbocycles. The van der Waals surface area contributed by atoms with Gasteiger partial charge in [0.05, 0.1) is 4.90 Å². The second kappa shape index (κ2) is 7.75. The number of anilines is 2. The lowest BCUT2D eigenvalue weighted by Crippen LogP contribution is -2.30. The maximum Gasteiger partial charge on any atom is 0.240 e. The highest BCUT2D eigenvalue weighted by atomic mass is 32.2. The number of hydrogen-bond donors (Lipinski definition) is 2. The summed E-state index contributed by atoms with van der Waals surface area (Å²) in [4.78, 5) is 10.4. The van der Waals surface area contributed by atoms with Crippen LogP contribution >= 0.6 is 0 Å². The monoisotopic (exact) mass is 367 g/mol. The van der Waals surface area contributed by atoms with E-state index in [0.717, 1.165) is 17.6 Å². The highest BCUT2D eigenvalue weighted by molar-refractivity contribution is 7.89. The summed E-state index contributed by atoms with van der Waals surface area (Å²) in [5.41, 5.74) is 1.29. The first-order valence-electron chi connectivity index (χ1n) is 7.72. The van der Waals surface area contributed by atoms with Gasteiger partial charge < -0.3 is 10.2 Å². The summed E-state index contributed by atoms with van der Waals surface area (Å²) in [6.45, 7) is 3.89. The van der Waals surface area contributed by atoms with E-state index in [0.29, 0.717) is 18.1 Å². The van der Waals surface area contributed by atoms with Gasteiger partial charge in [0, 0.05) is 38.9 Å². The van der Waals surface area contributed by atoms with E-state index in [-0.39, 0.29) is 11.4 Å². The molecule has 0 radical (unpaired) electrons. The molecule has 136 valence electrons. The fourth-order valence-electron chi connectivity index (χ4n) is 2.16. The molecular formula is C16H22FN5O2S. The van der Waals surface area contributed by atoms with Crippen molar-refractivity contribution in [3.8, 4) is 0 Å². The Morgan fingerprint density at radius 3 is 2.52 bits per heavy atom. The molecule has 1 aromatic heterocycles. The zero-order chi connectivity index (χ0) is 18.6. The van der Waals surface area contributed by atoms with E-state index in [2.05, 4.69) is 20.0 Å². The van der Waals surface area contributed by atoms with Crippen molar-refractivity contribution >= 4 is 21.8 Å². The van der Waals surface area contributed by atoms with Gasteiger partial charge in [-0.05, 0) is 31.5 Å². The van der Waals surface area contributed by atoms with Crippen LogP contribution in [-0.4, -0.2) is 45.6 Å². The maximum absolute atomic E-state index is 13.3. The number of sulfonamides is 1. The van der Waals surface area contributed by atoms with Crippen LogP contribution in [0.1, 0.15) is 11.3 Å². The second-order valence-electron chi connectivity index (χ2n) is 5.82. The molecule has 0 saturated carbocycles. The van der Waals surface area contributed by atoms with Gasteiger partial charge in [0.25, 0.3) is 0 Å². The fraction of sp³-hybridized carbons (Fsp3) is 0.375. The Labute approximate surface area is 147 Å². The Morgan fingerprint density at radius 2 is 1.84 bits per heavy atom. The topological polar surface area (TPSA) is 87.2 Å². The summed E-state index contributed by atoms with van der Waals surface area (Å²) in [6.07, 6.45) is 0. The minimum atomic E-state index is -3.78. The van der Waals surface area contributed by atoms with Crippen molar-refractivity contribution in [2.75, 3.05) is 37.4 Å².